The summed E-state index contributed by atoms with van der Waals surface area (Å²) in [6.45, 7) is 6.66. The van der Waals surface area contributed by atoms with Gasteiger partial charge in [0.25, 0.3) is 0 Å². The highest BCUT2D eigenvalue weighted by Gasteiger charge is 2.26. The Bertz CT molecular complexity index is 651. The first-order valence-corrected chi connectivity index (χ1v) is 7.32. The Morgan fingerprint density at radius 3 is 2.86 bits per heavy atom. The molecule has 2 aromatic rings. The van der Waals surface area contributed by atoms with E-state index in [0.717, 1.165) is 26.1 Å². The molecule has 1 unspecified atom stereocenters. The minimum absolute atomic E-state index is 0.0186. The maximum atomic E-state index is 14.3. The quantitative estimate of drug-likeness (QED) is 0.864. The maximum absolute atomic E-state index is 14.3. The van der Waals surface area contributed by atoms with Crippen molar-refractivity contribution < 1.29 is 8.78 Å². The molecule has 0 bridgehead atoms. The fraction of sp³-hybridized carbons (Fsp3) is 0.438. The first-order chi connectivity index (χ1) is 10.1. The first kappa shape index (κ1) is 14.2. The van der Waals surface area contributed by atoms with Crippen molar-refractivity contribution in [3.05, 3.63) is 41.7 Å². The molecule has 1 aromatic heterocycles. The summed E-state index contributed by atoms with van der Waals surface area (Å²) < 4.78 is 30.3. The monoisotopic (exact) mass is 291 g/mol. The minimum atomic E-state index is -0.559. The molecule has 1 aliphatic rings. The van der Waals surface area contributed by atoms with Crippen LogP contribution in [0, 0.1) is 18.6 Å². The van der Waals surface area contributed by atoms with Gasteiger partial charge in [-0.25, -0.2) is 13.8 Å². The summed E-state index contributed by atoms with van der Waals surface area (Å²) in [6.07, 6.45) is 4.41. The summed E-state index contributed by atoms with van der Waals surface area (Å²) in [5, 5.41) is 0. The Morgan fingerprint density at radius 2 is 2.14 bits per heavy atom. The van der Waals surface area contributed by atoms with E-state index in [0.29, 0.717) is 11.4 Å². The van der Waals surface area contributed by atoms with E-state index < -0.39 is 11.6 Å². The molecular formula is C16H19F2N3. The Hall–Kier alpha value is -1.75. The molecule has 2 heterocycles. The number of nitrogens with zero attached hydrogens (tertiary/aromatic N) is 3. The van der Waals surface area contributed by atoms with Gasteiger partial charge in [-0.3, -0.25) is 0 Å². The summed E-state index contributed by atoms with van der Waals surface area (Å²) in [5.41, 5.74) is 0.414. The summed E-state index contributed by atoms with van der Waals surface area (Å²) in [7, 11) is 0. The molecule has 0 radical (unpaired) electrons. The van der Waals surface area contributed by atoms with Crippen molar-refractivity contribution in [1.29, 1.82) is 0 Å². The third-order valence-electron chi connectivity index (χ3n) is 4.26. The molecule has 21 heavy (non-hydrogen) atoms. The molecule has 3 rings (SSSR count). The molecule has 0 amide bonds. The lowest BCUT2D eigenvalue weighted by atomic mass is 10.1. The lowest BCUT2D eigenvalue weighted by Gasteiger charge is -2.17. The van der Waals surface area contributed by atoms with Crippen LogP contribution in [0.2, 0.25) is 0 Å². The zero-order chi connectivity index (χ0) is 15.0. The smallest absolute Gasteiger partial charge is 0.146 e. The van der Waals surface area contributed by atoms with Crippen LogP contribution in [0.5, 0.6) is 0 Å². The fourth-order valence-corrected chi connectivity index (χ4v) is 2.99. The van der Waals surface area contributed by atoms with Gasteiger partial charge in [-0.2, -0.15) is 0 Å². The largest absolute Gasteiger partial charge is 0.326 e. The number of rotatable bonds is 3. The highest BCUT2D eigenvalue weighted by Crippen LogP contribution is 2.31. The normalized spacial score (nSPS) is 19.3. The average molecular weight is 291 g/mol. The molecule has 1 aliphatic heterocycles. The van der Waals surface area contributed by atoms with Gasteiger partial charge in [0.2, 0.25) is 0 Å². The Balaban J connectivity index is 2.02. The number of halogens is 2. The number of likely N-dealkylation sites (tertiary alicyclic amines) is 1. The molecule has 1 aromatic carbocycles. The second-order valence-electron chi connectivity index (χ2n) is 5.55. The SMILES string of the molecule is CCN1CCC(n2ccnc2-c2c(F)ccc(C)c2F)C1. The zero-order valence-corrected chi connectivity index (χ0v) is 12.3. The second kappa shape index (κ2) is 5.56. The number of benzene rings is 1. The van der Waals surface area contributed by atoms with Crippen LogP contribution in [0.15, 0.2) is 24.5 Å². The number of imidazole rings is 1. The predicted molar refractivity (Wildman–Crippen MR) is 78.1 cm³/mol. The van der Waals surface area contributed by atoms with Crippen molar-refractivity contribution >= 4 is 0 Å². The van der Waals surface area contributed by atoms with E-state index in [1.807, 2.05) is 10.8 Å². The van der Waals surface area contributed by atoms with Crippen molar-refractivity contribution in [2.24, 2.45) is 0 Å². The third kappa shape index (κ3) is 2.46. The van der Waals surface area contributed by atoms with Crippen molar-refractivity contribution in [3.8, 4) is 11.4 Å². The van der Waals surface area contributed by atoms with E-state index in [2.05, 4.69) is 16.8 Å². The average Bonchev–Trinajstić information content (AvgIpc) is 3.11. The van der Waals surface area contributed by atoms with Gasteiger partial charge in [0.15, 0.2) is 0 Å². The van der Waals surface area contributed by atoms with E-state index in [9.17, 15) is 8.78 Å². The molecule has 1 saturated heterocycles. The Morgan fingerprint density at radius 1 is 1.33 bits per heavy atom. The number of likely N-dealkylation sites (N-methyl/N-ethyl adjacent to an activating group) is 1. The van der Waals surface area contributed by atoms with Gasteiger partial charge in [0.05, 0.1) is 5.56 Å². The van der Waals surface area contributed by atoms with Crippen molar-refractivity contribution in [2.45, 2.75) is 26.3 Å². The highest BCUT2D eigenvalue weighted by atomic mass is 19.1. The molecule has 3 nitrogen and oxygen atoms in total. The van der Waals surface area contributed by atoms with Crippen LogP contribution < -0.4 is 0 Å². The van der Waals surface area contributed by atoms with E-state index in [-0.39, 0.29) is 11.6 Å². The molecule has 0 N–H and O–H groups in total. The van der Waals surface area contributed by atoms with Crippen LogP contribution in [0.25, 0.3) is 11.4 Å². The van der Waals surface area contributed by atoms with Gasteiger partial charge in [0, 0.05) is 31.5 Å². The number of aromatic nitrogens is 2. The summed E-state index contributed by atoms with van der Waals surface area (Å²) in [4.78, 5) is 6.54. The predicted octanol–water partition coefficient (Wildman–Crippen LogP) is 3.40. The lowest BCUT2D eigenvalue weighted by molar-refractivity contribution is 0.341. The van der Waals surface area contributed by atoms with Crippen LogP contribution in [-0.4, -0.2) is 34.1 Å². The number of hydrogen-bond acceptors (Lipinski definition) is 2. The second-order valence-corrected chi connectivity index (χ2v) is 5.55. The molecule has 112 valence electrons. The number of aryl methyl sites for hydroxylation is 1. The maximum Gasteiger partial charge on any atom is 0.146 e. The molecule has 0 aliphatic carbocycles. The van der Waals surface area contributed by atoms with Crippen LogP contribution >= 0.6 is 0 Å². The van der Waals surface area contributed by atoms with Gasteiger partial charge >= 0.3 is 0 Å². The van der Waals surface area contributed by atoms with Crippen molar-refractivity contribution in [2.75, 3.05) is 19.6 Å². The van der Waals surface area contributed by atoms with E-state index in [1.165, 1.54) is 12.1 Å². The van der Waals surface area contributed by atoms with Gasteiger partial charge in [-0.1, -0.05) is 13.0 Å². The molecule has 1 atom stereocenters. The first-order valence-electron chi connectivity index (χ1n) is 7.32. The third-order valence-corrected chi connectivity index (χ3v) is 4.26. The van der Waals surface area contributed by atoms with Gasteiger partial charge in [-0.15, -0.1) is 0 Å². The highest BCUT2D eigenvalue weighted by molar-refractivity contribution is 5.59. The van der Waals surface area contributed by atoms with E-state index in [1.54, 1.807) is 13.1 Å². The molecule has 0 saturated carbocycles. The summed E-state index contributed by atoms with van der Waals surface area (Å²) >= 11 is 0. The zero-order valence-electron chi connectivity index (χ0n) is 12.3. The van der Waals surface area contributed by atoms with Gasteiger partial charge in [0.1, 0.15) is 17.5 Å². The van der Waals surface area contributed by atoms with Crippen LogP contribution in [0.4, 0.5) is 8.78 Å². The molecule has 1 fully saturated rings. The lowest BCUT2D eigenvalue weighted by Crippen LogP contribution is -2.21. The summed E-state index contributed by atoms with van der Waals surface area (Å²) in [6, 6.07) is 2.98. The minimum Gasteiger partial charge on any atom is -0.326 e. The fourth-order valence-electron chi connectivity index (χ4n) is 2.99. The van der Waals surface area contributed by atoms with Crippen molar-refractivity contribution in [3.63, 3.8) is 0 Å². The van der Waals surface area contributed by atoms with Crippen LogP contribution in [-0.2, 0) is 0 Å². The summed E-state index contributed by atoms with van der Waals surface area (Å²) in [5.74, 6) is -0.694. The van der Waals surface area contributed by atoms with Crippen LogP contribution in [0.1, 0.15) is 24.9 Å². The van der Waals surface area contributed by atoms with Gasteiger partial charge in [-0.05, 0) is 31.5 Å². The Kier molecular flexibility index (Phi) is 3.76. The number of hydrogen-bond donors (Lipinski definition) is 0. The standard InChI is InChI=1S/C16H19F2N3/c1-3-20-8-6-12(10-20)21-9-7-19-16(21)14-13(17)5-4-11(2)15(14)18/h4-5,7,9,12H,3,6,8,10H2,1-2H3. The van der Waals surface area contributed by atoms with E-state index in [4.69, 9.17) is 0 Å². The Labute approximate surface area is 123 Å². The van der Waals surface area contributed by atoms with Crippen LogP contribution in [0.3, 0.4) is 0 Å². The van der Waals surface area contributed by atoms with E-state index >= 15 is 0 Å². The molecule has 0 spiro atoms. The molecule has 5 heteroatoms. The van der Waals surface area contributed by atoms with Crippen molar-refractivity contribution in [1.82, 2.24) is 14.5 Å². The van der Waals surface area contributed by atoms with Gasteiger partial charge < -0.3 is 9.47 Å². The topological polar surface area (TPSA) is 21.1 Å². The molecular weight excluding hydrogens is 272 g/mol.